The molecule has 3 rings (SSSR count). The summed E-state index contributed by atoms with van der Waals surface area (Å²) in [6, 6.07) is 10.4. The van der Waals surface area contributed by atoms with Gasteiger partial charge in [-0.1, -0.05) is 24.3 Å². The van der Waals surface area contributed by atoms with Crippen LogP contribution in [-0.2, 0) is 6.42 Å². The minimum Gasteiger partial charge on any atom is -0.316 e. The van der Waals surface area contributed by atoms with Crippen molar-refractivity contribution in [3.63, 3.8) is 0 Å². The molecule has 1 saturated heterocycles. The molecule has 2 atom stereocenters. The lowest BCUT2D eigenvalue weighted by atomic mass is 9.85. The molecule has 116 valence electrons. The summed E-state index contributed by atoms with van der Waals surface area (Å²) in [5.41, 5.74) is 3.18. The molecule has 2 nitrogen and oxygen atoms in total. The summed E-state index contributed by atoms with van der Waals surface area (Å²) >= 11 is 0. The van der Waals surface area contributed by atoms with Crippen molar-refractivity contribution in [1.82, 2.24) is 10.2 Å². The highest BCUT2D eigenvalue weighted by Gasteiger charge is 2.29. The number of nitrogens with zero attached hydrogens (tertiary/aromatic N) is 1. The molecule has 2 aliphatic rings. The van der Waals surface area contributed by atoms with Gasteiger partial charge in [-0.25, -0.2) is 0 Å². The number of hydrogen-bond acceptors (Lipinski definition) is 2. The molecule has 0 bridgehead atoms. The first-order valence-electron chi connectivity index (χ1n) is 8.80. The van der Waals surface area contributed by atoms with Gasteiger partial charge in [-0.3, -0.25) is 4.90 Å². The van der Waals surface area contributed by atoms with Gasteiger partial charge in [0.25, 0.3) is 0 Å². The summed E-state index contributed by atoms with van der Waals surface area (Å²) < 4.78 is 0. The summed E-state index contributed by atoms with van der Waals surface area (Å²) in [7, 11) is 0. The highest BCUT2D eigenvalue weighted by Crippen LogP contribution is 2.36. The molecule has 1 heterocycles. The lowest BCUT2D eigenvalue weighted by Gasteiger charge is -2.41. The second kappa shape index (κ2) is 6.93. The van der Waals surface area contributed by atoms with Crippen LogP contribution in [-0.4, -0.2) is 30.6 Å². The highest BCUT2D eigenvalue weighted by molar-refractivity contribution is 5.32. The van der Waals surface area contributed by atoms with Crippen molar-refractivity contribution >= 4 is 0 Å². The Balaban J connectivity index is 1.78. The van der Waals surface area contributed by atoms with E-state index in [4.69, 9.17) is 0 Å². The molecule has 0 spiro atoms. The van der Waals surface area contributed by atoms with Gasteiger partial charge in [-0.05, 0) is 76.1 Å². The third-order valence-electron chi connectivity index (χ3n) is 5.27. The SMILES string of the molecule is CC(C)N(CC1CCCNC1)C1CCCc2ccccc21. The Morgan fingerprint density at radius 1 is 1.19 bits per heavy atom. The number of hydrogen-bond donors (Lipinski definition) is 1. The molecule has 0 aromatic heterocycles. The number of piperidine rings is 1. The second-order valence-corrected chi connectivity index (χ2v) is 7.11. The van der Waals surface area contributed by atoms with Gasteiger partial charge in [-0.2, -0.15) is 0 Å². The monoisotopic (exact) mass is 286 g/mol. The van der Waals surface area contributed by atoms with Crippen molar-refractivity contribution < 1.29 is 0 Å². The number of benzene rings is 1. The maximum absolute atomic E-state index is 3.57. The predicted octanol–water partition coefficient (Wildman–Crippen LogP) is 3.77. The van der Waals surface area contributed by atoms with Gasteiger partial charge in [0.2, 0.25) is 0 Å². The summed E-state index contributed by atoms with van der Waals surface area (Å²) in [4.78, 5) is 2.77. The molecule has 1 fully saturated rings. The van der Waals surface area contributed by atoms with E-state index in [1.165, 1.54) is 51.7 Å². The fraction of sp³-hybridized carbons (Fsp3) is 0.684. The Morgan fingerprint density at radius 2 is 2.05 bits per heavy atom. The Hall–Kier alpha value is -0.860. The maximum Gasteiger partial charge on any atom is 0.0353 e. The molecule has 1 aromatic carbocycles. The Morgan fingerprint density at radius 3 is 2.81 bits per heavy atom. The summed E-state index contributed by atoms with van der Waals surface area (Å²) in [5.74, 6) is 0.829. The molecule has 1 N–H and O–H groups in total. The molecule has 0 amide bonds. The van der Waals surface area contributed by atoms with Crippen LogP contribution in [0.15, 0.2) is 24.3 Å². The molecule has 2 unspecified atom stereocenters. The molecule has 0 saturated carbocycles. The van der Waals surface area contributed by atoms with E-state index in [0.29, 0.717) is 12.1 Å². The van der Waals surface area contributed by atoms with Gasteiger partial charge in [0, 0.05) is 18.6 Å². The topological polar surface area (TPSA) is 15.3 Å². The summed E-state index contributed by atoms with van der Waals surface area (Å²) in [6.45, 7) is 8.41. The van der Waals surface area contributed by atoms with Crippen LogP contribution in [0.1, 0.15) is 56.7 Å². The first-order chi connectivity index (χ1) is 10.3. The van der Waals surface area contributed by atoms with Crippen molar-refractivity contribution in [3.8, 4) is 0 Å². The van der Waals surface area contributed by atoms with E-state index < -0.39 is 0 Å². The maximum atomic E-state index is 3.57. The highest BCUT2D eigenvalue weighted by atomic mass is 15.2. The summed E-state index contributed by atoms with van der Waals surface area (Å²) in [5, 5.41) is 3.57. The smallest absolute Gasteiger partial charge is 0.0353 e. The van der Waals surface area contributed by atoms with Crippen molar-refractivity contribution in [2.45, 2.75) is 58.0 Å². The normalized spacial score (nSPS) is 26.1. The van der Waals surface area contributed by atoms with Gasteiger partial charge in [0.1, 0.15) is 0 Å². The van der Waals surface area contributed by atoms with Crippen molar-refractivity contribution in [3.05, 3.63) is 35.4 Å². The molecule has 21 heavy (non-hydrogen) atoms. The third kappa shape index (κ3) is 3.49. The van der Waals surface area contributed by atoms with Crippen LogP contribution >= 0.6 is 0 Å². The van der Waals surface area contributed by atoms with Gasteiger partial charge < -0.3 is 5.32 Å². The van der Waals surface area contributed by atoms with Crippen LogP contribution in [0.3, 0.4) is 0 Å². The van der Waals surface area contributed by atoms with E-state index in [2.05, 4.69) is 48.3 Å². The third-order valence-corrected chi connectivity index (χ3v) is 5.27. The van der Waals surface area contributed by atoms with E-state index in [1.54, 1.807) is 11.1 Å². The van der Waals surface area contributed by atoms with Crippen LogP contribution in [0.2, 0.25) is 0 Å². The van der Waals surface area contributed by atoms with Crippen molar-refractivity contribution in [2.24, 2.45) is 5.92 Å². The second-order valence-electron chi connectivity index (χ2n) is 7.11. The van der Waals surface area contributed by atoms with E-state index in [-0.39, 0.29) is 0 Å². The van der Waals surface area contributed by atoms with E-state index in [1.807, 2.05) is 0 Å². The van der Waals surface area contributed by atoms with Crippen molar-refractivity contribution in [1.29, 1.82) is 0 Å². The molecule has 0 radical (unpaired) electrons. The molecular formula is C19H30N2. The molecule has 1 aliphatic carbocycles. The van der Waals surface area contributed by atoms with Gasteiger partial charge in [0.05, 0.1) is 0 Å². The molecular weight excluding hydrogens is 256 g/mol. The molecule has 1 aliphatic heterocycles. The number of rotatable bonds is 4. The minimum absolute atomic E-state index is 0.628. The Bertz CT molecular complexity index is 449. The zero-order valence-corrected chi connectivity index (χ0v) is 13.6. The fourth-order valence-electron chi connectivity index (χ4n) is 4.15. The molecule has 2 heteroatoms. The first kappa shape index (κ1) is 15.1. The number of nitrogens with one attached hydrogen (secondary N) is 1. The minimum atomic E-state index is 0.628. The van der Waals surface area contributed by atoms with E-state index >= 15 is 0 Å². The zero-order valence-electron chi connectivity index (χ0n) is 13.6. The zero-order chi connectivity index (χ0) is 14.7. The first-order valence-corrected chi connectivity index (χ1v) is 8.80. The Labute approximate surface area is 129 Å². The number of fused-ring (bicyclic) bond motifs is 1. The van der Waals surface area contributed by atoms with Gasteiger partial charge in [-0.15, -0.1) is 0 Å². The predicted molar refractivity (Wildman–Crippen MR) is 89.6 cm³/mol. The summed E-state index contributed by atoms with van der Waals surface area (Å²) in [6.07, 6.45) is 6.68. The quantitative estimate of drug-likeness (QED) is 0.906. The lowest BCUT2D eigenvalue weighted by molar-refractivity contribution is 0.106. The van der Waals surface area contributed by atoms with Gasteiger partial charge >= 0.3 is 0 Å². The average Bonchev–Trinajstić information content (AvgIpc) is 2.53. The van der Waals surface area contributed by atoms with Gasteiger partial charge in [0.15, 0.2) is 0 Å². The van der Waals surface area contributed by atoms with Crippen LogP contribution in [0.5, 0.6) is 0 Å². The van der Waals surface area contributed by atoms with Crippen LogP contribution in [0.4, 0.5) is 0 Å². The van der Waals surface area contributed by atoms with E-state index in [9.17, 15) is 0 Å². The molecule has 1 aromatic rings. The average molecular weight is 286 g/mol. The largest absolute Gasteiger partial charge is 0.316 e. The van der Waals surface area contributed by atoms with Crippen molar-refractivity contribution in [2.75, 3.05) is 19.6 Å². The van der Waals surface area contributed by atoms with Crippen LogP contribution < -0.4 is 5.32 Å². The van der Waals surface area contributed by atoms with E-state index in [0.717, 1.165) is 5.92 Å². The number of aryl methyl sites for hydroxylation is 1. The lowest BCUT2D eigenvalue weighted by Crippen LogP contribution is -2.43. The van der Waals surface area contributed by atoms with Crippen LogP contribution in [0.25, 0.3) is 0 Å². The fourth-order valence-corrected chi connectivity index (χ4v) is 4.15. The van der Waals surface area contributed by atoms with Crippen LogP contribution in [0, 0.1) is 5.92 Å². The standard InChI is InChI=1S/C19H30N2/c1-15(2)21(14-16-7-6-12-20-13-16)19-11-5-9-17-8-3-4-10-18(17)19/h3-4,8,10,15-16,19-20H,5-7,9,11-14H2,1-2H3. The Kier molecular flexibility index (Phi) is 4.97.